The summed E-state index contributed by atoms with van der Waals surface area (Å²) in [6.45, 7) is 1.47. The van der Waals surface area contributed by atoms with E-state index in [4.69, 9.17) is 11.6 Å². The Bertz CT molecular complexity index is 593. The Morgan fingerprint density at radius 1 is 1.28 bits per heavy atom. The maximum atomic E-state index is 11.9. The highest BCUT2D eigenvalue weighted by atomic mass is 35.5. The molecule has 92 valence electrons. The number of nitrogens with one attached hydrogen (secondary N) is 1. The molecule has 0 aliphatic rings. The van der Waals surface area contributed by atoms with Crippen LogP contribution in [-0.4, -0.2) is 11.7 Å². The van der Waals surface area contributed by atoms with E-state index in [9.17, 15) is 9.59 Å². The summed E-state index contributed by atoms with van der Waals surface area (Å²) in [5.41, 5.74) is 0.962. The molecule has 2 rings (SSSR count). The van der Waals surface area contributed by atoms with E-state index in [1.165, 1.54) is 18.3 Å². The molecule has 0 aliphatic heterocycles. The molecule has 2 aromatic rings. The van der Waals surface area contributed by atoms with Crippen molar-refractivity contribution in [2.75, 3.05) is 5.32 Å². The number of carbonyl (C=O) groups is 2. The first-order valence-electron chi connectivity index (χ1n) is 5.23. The Morgan fingerprint density at radius 2 is 2.06 bits per heavy atom. The molecule has 0 saturated heterocycles. The largest absolute Gasteiger partial charge is 0.320 e. The summed E-state index contributed by atoms with van der Waals surface area (Å²) in [4.78, 5) is 23.7. The van der Waals surface area contributed by atoms with Crippen LogP contribution in [0.4, 0.5) is 5.69 Å². The lowest BCUT2D eigenvalue weighted by molar-refractivity contribution is 0.101. The molecule has 5 heteroatoms. The van der Waals surface area contributed by atoms with Crippen molar-refractivity contribution in [2.45, 2.75) is 6.92 Å². The van der Waals surface area contributed by atoms with Gasteiger partial charge >= 0.3 is 0 Å². The molecule has 1 aromatic carbocycles. The fraction of sp³-hybridized carbons (Fsp3) is 0.0769. The van der Waals surface area contributed by atoms with E-state index >= 15 is 0 Å². The molecule has 0 atom stereocenters. The van der Waals surface area contributed by atoms with E-state index < -0.39 is 0 Å². The van der Waals surface area contributed by atoms with Crippen LogP contribution in [0, 0.1) is 0 Å². The van der Waals surface area contributed by atoms with Gasteiger partial charge in [0, 0.05) is 5.56 Å². The van der Waals surface area contributed by atoms with Crippen molar-refractivity contribution in [3.8, 4) is 0 Å². The summed E-state index contributed by atoms with van der Waals surface area (Å²) in [7, 11) is 0. The van der Waals surface area contributed by atoms with Gasteiger partial charge in [-0.25, -0.2) is 0 Å². The summed E-state index contributed by atoms with van der Waals surface area (Å²) in [6, 6.07) is 8.33. The predicted molar refractivity (Wildman–Crippen MR) is 73.7 cm³/mol. The number of hydrogen-bond donors (Lipinski definition) is 1. The number of amides is 1. The van der Waals surface area contributed by atoms with E-state index in [1.54, 1.807) is 30.3 Å². The molecular formula is C13H10ClNO2S. The van der Waals surface area contributed by atoms with Crippen LogP contribution >= 0.6 is 22.9 Å². The van der Waals surface area contributed by atoms with Crippen LogP contribution in [0.1, 0.15) is 27.0 Å². The second kappa shape index (κ2) is 5.33. The fourth-order valence-electron chi connectivity index (χ4n) is 1.43. The van der Waals surface area contributed by atoms with E-state index in [2.05, 4.69) is 5.32 Å². The standard InChI is InChI=1S/C13H10ClNO2S/c1-8(16)9-4-5-10(14)11(7-9)15-13(17)12-3-2-6-18-12/h2-7H,1H3,(H,15,17). The molecule has 1 amide bonds. The average molecular weight is 280 g/mol. The number of benzene rings is 1. The molecule has 0 fully saturated rings. The molecule has 1 N–H and O–H groups in total. The van der Waals surface area contributed by atoms with E-state index in [-0.39, 0.29) is 11.7 Å². The summed E-state index contributed by atoms with van der Waals surface area (Å²) < 4.78 is 0. The fourth-order valence-corrected chi connectivity index (χ4v) is 2.22. The number of rotatable bonds is 3. The predicted octanol–water partition coefficient (Wildman–Crippen LogP) is 3.86. The maximum Gasteiger partial charge on any atom is 0.265 e. The van der Waals surface area contributed by atoms with Crippen LogP contribution in [0.2, 0.25) is 5.02 Å². The molecule has 1 aromatic heterocycles. The Labute approximate surface area is 113 Å². The van der Waals surface area contributed by atoms with Gasteiger partial charge in [-0.1, -0.05) is 17.7 Å². The number of thiophene rings is 1. The highest BCUT2D eigenvalue weighted by molar-refractivity contribution is 7.12. The number of carbonyl (C=O) groups excluding carboxylic acids is 2. The first-order chi connectivity index (χ1) is 8.58. The lowest BCUT2D eigenvalue weighted by Crippen LogP contribution is -2.11. The molecule has 0 bridgehead atoms. The maximum absolute atomic E-state index is 11.9. The van der Waals surface area contributed by atoms with Gasteiger partial charge < -0.3 is 5.32 Å². The molecular weight excluding hydrogens is 270 g/mol. The summed E-state index contributed by atoms with van der Waals surface area (Å²) in [5.74, 6) is -0.300. The zero-order valence-electron chi connectivity index (χ0n) is 9.57. The topological polar surface area (TPSA) is 46.2 Å². The van der Waals surface area contributed by atoms with Crippen molar-refractivity contribution < 1.29 is 9.59 Å². The number of halogens is 1. The van der Waals surface area contributed by atoms with Crippen molar-refractivity contribution in [3.05, 3.63) is 51.2 Å². The van der Waals surface area contributed by atoms with E-state index in [0.717, 1.165) is 0 Å². The first-order valence-corrected chi connectivity index (χ1v) is 6.49. The van der Waals surface area contributed by atoms with Gasteiger partial charge in [0.15, 0.2) is 5.78 Å². The molecule has 1 heterocycles. The molecule has 3 nitrogen and oxygen atoms in total. The summed E-state index contributed by atoms with van der Waals surface area (Å²) >= 11 is 7.33. The van der Waals surface area contributed by atoms with Crippen molar-refractivity contribution in [2.24, 2.45) is 0 Å². The van der Waals surface area contributed by atoms with Gasteiger partial charge in [-0.05, 0) is 36.6 Å². The Hall–Kier alpha value is -1.65. The van der Waals surface area contributed by atoms with Gasteiger partial charge in [-0.3, -0.25) is 9.59 Å². The van der Waals surface area contributed by atoms with Gasteiger partial charge in [0.05, 0.1) is 15.6 Å². The van der Waals surface area contributed by atoms with Crippen LogP contribution in [0.15, 0.2) is 35.7 Å². The van der Waals surface area contributed by atoms with Crippen LogP contribution < -0.4 is 5.32 Å². The number of hydrogen-bond acceptors (Lipinski definition) is 3. The van der Waals surface area contributed by atoms with E-state index in [1.807, 2.05) is 5.38 Å². The minimum atomic E-state index is -0.229. The van der Waals surface area contributed by atoms with Crippen LogP contribution in [0.25, 0.3) is 0 Å². The number of Topliss-reactive ketones (excluding diaryl/α,β-unsaturated/α-hetero) is 1. The third-order valence-electron chi connectivity index (χ3n) is 2.37. The lowest BCUT2D eigenvalue weighted by Gasteiger charge is -2.07. The van der Waals surface area contributed by atoms with Crippen molar-refractivity contribution in [1.82, 2.24) is 0 Å². The summed E-state index contributed by atoms with van der Waals surface area (Å²) in [5, 5.41) is 4.92. The van der Waals surface area contributed by atoms with Gasteiger partial charge in [0.1, 0.15) is 0 Å². The van der Waals surface area contributed by atoms with E-state index in [0.29, 0.717) is 21.2 Å². The Morgan fingerprint density at radius 3 is 2.67 bits per heavy atom. The zero-order valence-corrected chi connectivity index (χ0v) is 11.1. The highest BCUT2D eigenvalue weighted by Gasteiger charge is 2.11. The average Bonchev–Trinajstić information content (AvgIpc) is 2.85. The zero-order chi connectivity index (χ0) is 13.1. The van der Waals surface area contributed by atoms with Gasteiger partial charge in [-0.2, -0.15) is 0 Å². The van der Waals surface area contributed by atoms with Crippen molar-refractivity contribution in [1.29, 1.82) is 0 Å². The minimum Gasteiger partial charge on any atom is -0.320 e. The summed E-state index contributed by atoms with van der Waals surface area (Å²) in [6.07, 6.45) is 0. The van der Waals surface area contributed by atoms with Crippen molar-refractivity contribution in [3.63, 3.8) is 0 Å². The quantitative estimate of drug-likeness (QED) is 0.867. The molecule has 0 radical (unpaired) electrons. The second-order valence-corrected chi connectivity index (χ2v) is 5.04. The monoisotopic (exact) mass is 279 g/mol. The number of ketones is 1. The van der Waals surface area contributed by atoms with Gasteiger partial charge in [0.25, 0.3) is 5.91 Å². The Balaban J connectivity index is 2.26. The first kappa shape index (κ1) is 12.8. The third-order valence-corrected chi connectivity index (χ3v) is 3.56. The van der Waals surface area contributed by atoms with Crippen LogP contribution in [-0.2, 0) is 0 Å². The highest BCUT2D eigenvalue weighted by Crippen LogP contribution is 2.24. The third kappa shape index (κ3) is 2.78. The number of anilines is 1. The molecule has 0 aliphatic carbocycles. The molecule has 18 heavy (non-hydrogen) atoms. The SMILES string of the molecule is CC(=O)c1ccc(Cl)c(NC(=O)c2cccs2)c1. The normalized spacial score (nSPS) is 10.1. The molecule has 0 unspecified atom stereocenters. The van der Waals surface area contributed by atoms with Crippen LogP contribution in [0.3, 0.4) is 0 Å². The van der Waals surface area contributed by atoms with Gasteiger partial charge in [-0.15, -0.1) is 11.3 Å². The molecule has 0 saturated carbocycles. The Kier molecular flexibility index (Phi) is 3.79. The smallest absolute Gasteiger partial charge is 0.265 e. The van der Waals surface area contributed by atoms with Crippen molar-refractivity contribution >= 4 is 40.3 Å². The van der Waals surface area contributed by atoms with Gasteiger partial charge in [0.2, 0.25) is 0 Å². The van der Waals surface area contributed by atoms with Crippen LogP contribution in [0.5, 0.6) is 0 Å². The lowest BCUT2D eigenvalue weighted by atomic mass is 10.1. The molecule has 0 spiro atoms. The second-order valence-electron chi connectivity index (χ2n) is 3.68. The minimum absolute atomic E-state index is 0.0710.